The molecule has 0 N–H and O–H groups in total. The number of rotatable bonds is 3. The summed E-state index contributed by atoms with van der Waals surface area (Å²) in [7, 11) is 0. The molecule has 0 aliphatic carbocycles. The highest BCUT2D eigenvalue weighted by atomic mass is 127. The second kappa shape index (κ2) is 7.95. The standard InChI is InChI=1S/C30H20IN/c31-32(23-16-14-22(15-17-23)21-8-2-1-3-9-21)24-18-19-29-27-12-5-4-10-25(27)26-11-6-7-13-28(26)30(29)20-24/h1-20H. The summed E-state index contributed by atoms with van der Waals surface area (Å²) in [5.74, 6) is 0. The van der Waals surface area contributed by atoms with E-state index >= 15 is 0 Å². The van der Waals surface area contributed by atoms with Crippen LogP contribution in [0.25, 0.3) is 43.4 Å². The first-order chi connectivity index (χ1) is 15.8. The quantitative estimate of drug-likeness (QED) is 0.127. The van der Waals surface area contributed by atoms with Crippen molar-refractivity contribution in [2.75, 3.05) is 3.11 Å². The van der Waals surface area contributed by atoms with Gasteiger partial charge < -0.3 is 0 Å². The summed E-state index contributed by atoms with van der Waals surface area (Å²) in [5.41, 5.74) is 4.80. The fourth-order valence-corrected chi connectivity index (χ4v) is 5.20. The largest absolute Gasteiger partial charge is 0.283 e. The smallest absolute Gasteiger partial charge is 0.0646 e. The van der Waals surface area contributed by atoms with Crippen LogP contribution < -0.4 is 3.11 Å². The van der Waals surface area contributed by atoms with Gasteiger partial charge in [-0.1, -0.05) is 97.1 Å². The Balaban J connectivity index is 1.47. The van der Waals surface area contributed by atoms with Gasteiger partial charge in [-0.15, -0.1) is 0 Å². The molecule has 152 valence electrons. The van der Waals surface area contributed by atoms with Crippen LogP contribution in [0.1, 0.15) is 0 Å². The zero-order chi connectivity index (χ0) is 21.5. The van der Waals surface area contributed by atoms with Gasteiger partial charge in [-0.05, 0) is 67.7 Å². The summed E-state index contributed by atoms with van der Waals surface area (Å²) < 4.78 is 2.23. The maximum atomic E-state index is 2.41. The van der Waals surface area contributed by atoms with Crippen molar-refractivity contribution < 1.29 is 0 Å². The van der Waals surface area contributed by atoms with E-state index in [0.29, 0.717) is 0 Å². The number of anilines is 2. The van der Waals surface area contributed by atoms with Crippen LogP contribution in [0.15, 0.2) is 121 Å². The van der Waals surface area contributed by atoms with Gasteiger partial charge in [0.25, 0.3) is 0 Å². The Morgan fingerprint density at radius 3 is 1.41 bits per heavy atom. The Morgan fingerprint density at radius 2 is 0.812 bits per heavy atom. The first-order valence-electron chi connectivity index (χ1n) is 10.7. The van der Waals surface area contributed by atoms with Gasteiger partial charge >= 0.3 is 0 Å². The molecule has 0 aliphatic rings. The molecule has 0 radical (unpaired) electrons. The molecule has 0 aliphatic heterocycles. The van der Waals surface area contributed by atoms with E-state index in [1.807, 2.05) is 0 Å². The van der Waals surface area contributed by atoms with E-state index in [2.05, 4.69) is 147 Å². The lowest BCUT2D eigenvalue weighted by Crippen LogP contribution is -2.00. The van der Waals surface area contributed by atoms with E-state index in [-0.39, 0.29) is 0 Å². The highest BCUT2D eigenvalue weighted by Gasteiger charge is 2.12. The highest BCUT2D eigenvalue weighted by molar-refractivity contribution is 14.1. The minimum absolute atomic E-state index is 1.16. The van der Waals surface area contributed by atoms with Gasteiger partial charge in [-0.2, -0.15) is 0 Å². The molecule has 0 saturated heterocycles. The molecule has 0 bridgehead atoms. The fourth-order valence-electron chi connectivity index (χ4n) is 4.58. The van der Waals surface area contributed by atoms with E-state index < -0.39 is 0 Å². The van der Waals surface area contributed by atoms with Crippen LogP contribution in [0, 0.1) is 0 Å². The Kier molecular flexibility index (Phi) is 4.80. The van der Waals surface area contributed by atoms with Crippen molar-refractivity contribution in [2.45, 2.75) is 0 Å². The van der Waals surface area contributed by atoms with Crippen molar-refractivity contribution in [3.05, 3.63) is 121 Å². The molecule has 6 rings (SSSR count). The third kappa shape index (κ3) is 3.23. The molecule has 0 heterocycles. The minimum atomic E-state index is 1.16. The summed E-state index contributed by atoms with van der Waals surface area (Å²) in [6.45, 7) is 0. The topological polar surface area (TPSA) is 3.24 Å². The second-order valence-electron chi connectivity index (χ2n) is 8.01. The van der Waals surface area contributed by atoms with Crippen LogP contribution in [0.4, 0.5) is 11.4 Å². The molecule has 2 heteroatoms. The number of hydrogen-bond acceptors (Lipinski definition) is 1. The van der Waals surface area contributed by atoms with Crippen LogP contribution >= 0.6 is 22.9 Å². The number of halogens is 1. The molecule has 0 fully saturated rings. The monoisotopic (exact) mass is 521 g/mol. The lowest BCUT2D eigenvalue weighted by molar-refractivity contribution is 1.48. The van der Waals surface area contributed by atoms with E-state index in [1.165, 1.54) is 49.1 Å². The van der Waals surface area contributed by atoms with Crippen molar-refractivity contribution in [3.8, 4) is 11.1 Å². The molecule has 6 aromatic carbocycles. The van der Waals surface area contributed by atoms with E-state index in [4.69, 9.17) is 0 Å². The molecule has 0 saturated carbocycles. The molecular weight excluding hydrogens is 501 g/mol. The molecule has 1 nitrogen and oxygen atoms in total. The molecular formula is C30H20IN. The number of fused-ring (bicyclic) bond motifs is 6. The van der Waals surface area contributed by atoms with Crippen LogP contribution in [0.2, 0.25) is 0 Å². The first-order valence-corrected chi connectivity index (χ1v) is 11.7. The average molecular weight is 521 g/mol. The van der Waals surface area contributed by atoms with Crippen LogP contribution in [-0.4, -0.2) is 0 Å². The molecule has 32 heavy (non-hydrogen) atoms. The van der Waals surface area contributed by atoms with Gasteiger partial charge in [0.05, 0.1) is 34.2 Å². The fraction of sp³-hybridized carbons (Fsp3) is 0. The number of nitrogens with zero attached hydrogens (tertiary/aromatic N) is 1. The van der Waals surface area contributed by atoms with Gasteiger partial charge in [0, 0.05) is 0 Å². The molecule has 0 aromatic heterocycles. The third-order valence-corrected chi connectivity index (χ3v) is 7.27. The highest BCUT2D eigenvalue weighted by Crippen LogP contribution is 2.39. The van der Waals surface area contributed by atoms with E-state index in [0.717, 1.165) is 5.69 Å². The maximum Gasteiger partial charge on any atom is 0.0646 e. The predicted molar refractivity (Wildman–Crippen MR) is 147 cm³/mol. The normalized spacial score (nSPS) is 11.3. The van der Waals surface area contributed by atoms with E-state index in [1.54, 1.807) is 0 Å². The predicted octanol–water partition coefficient (Wildman–Crippen LogP) is 9.30. The summed E-state index contributed by atoms with van der Waals surface area (Å²) in [6, 6.07) is 43.5. The van der Waals surface area contributed by atoms with Gasteiger partial charge in [-0.3, -0.25) is 3.11 Å². The van der Waals surface area contributed by atoms with Gasteiger partial charge in [0.2, 0.25) is 0 Å². The van der Waals surface area contributed by atoms with E-state index in [9.17, 15) is 0 Å². The zero-order valence-electron chi connectivity index (χ0n) is 17.4. The molecule has 6 aromatic rings. The van der Waals surface area contributed by atoms with Crippen LogP contribution in [0.5, 0.6) is 0 Å². The van der Waals surface area contributed by atoms with Crippen molar-refractivity contribution in [3.63, 3.8) is 0 Å². The molecule has 0 unspecified atom stereocenters. The minimum Gasteiger partial charge on any atom is -0.283 e. The Morgan fingerprint density at radius 1 is 0.375 bits per heavy atom. The number of benzene rings is 6. The van der Waals surface area contributed by atoms with Crippen molar-refractivity contribution >= 4 is 66.6 Å². The number of hydrogen-bond donors (Lipinski definition) is 0. The second-order valence-corrected chi connectivity index (χ2v) is 8.98. The SMILES string of the molecule is IN(c1ccc(-c2ccccc2)cc1)c1ccc2c3ccccc3c3ccccc3c2c1. The zero-order valence-corrected chi connectivity index (χ0v) is 19.5. The lowest BCUT2D eigenvalue weighted by Gasteiger charge is -2.19. The molecule has 0 atom stereocenters. The van der Waals surface area contributed by atoms with Crippen LogP contribution in [-0.2, 0) is 0 Å². The first kappa shape index (κ1) is 19.3. The van der Waals surface area contributed by atoms with Crippen molar-refractivity contribution in [1.29, 1.82) is 0 Å². The van der Waals surface area contributed by atoms with Crippen molar-refractivity contribution in [2.24, 2.45) is 0 Å². The average Bonchev–Trinajstić information content (AvgIpc) is 2.89. The molecule has 0 spiro atoms. The Bertz CT molecular complexity index is 1530. The van der Waals surface area contributed by atoms with Gasteiger partial charge in [0.15, 0.2) is 0 Å². The summed E-state index contributed by atoms with van der Waals surface area (Å²) in [6.07, 6.45) is 0. The van der Waals surface area contributed by atoms with Crippen LogP contribution in [0.3, 0.4) is 0 Å². The lowest BCUT2D eigenvalue weighted by atomic mass is 9.94. The summed E-state index contributed by atoms with van der Waals surface area (Å²) >= 11 is 2.41. The summed E-state index contributed by atoms with van der Waals surface area (Å²) in [4.78, 5) is 0. The van der Waals surface area contributed by atoms with Gasteiger partial charge in [0.1, 0.15) is 0 Å². The van der Waals surface area contributed by atoms with Gasteiger partial charge in [-0.25, -0.2) is 0 Å². The maximum absolute atomic E-state index is 2.41. The summed E-state index contributed by atoms with van der Waals surface area (Å²) in [5, 5.41) is 7.81. The molecule has 0 amide bonds. The Hall–Kier alpha value is -3.37. The third-order valence-electron chi connectivity index (χ3n) is 6.16. The van der Waals surface area contributed by atoms with Crippen molar-refractivity contribution in [1.82, 2.24) is 0 Å². The Labute approximate surface area is 201 Å².